The molecule has 0 aliphatic carbocycles. The first-order valence-electron chi connectivity index (χ1n) is 34.1. The summed E-state index contributed by atoms with van der Waals surface area (Å²) in [6.45, 7) is 4.07. The van der Waals surface area contributed by atoms with Crippen LogP contribution in [0.25, 0.3) is 0 Å². The molecule has 5 heteroatoms. The van der Waals surface area contributed by atoms with Crippen LogP contribution in [0.15, 0.2) is 85.1 Å². The molecule has 0 saturated carbocycles. The molecule has 0 aliphatic heterocycles. The molecular weight excluding hydrogens is 957 g/mol. The lowest BCUT2D eigenvalue weighted by molar-refractivity contribution is -0.161. The molecule has 0 bridgehead atoms. The molecular formula is C73H130O5. The second-order valence-corrected chi connectivity index (χ2v) is 22.9. The van der Waals surface area contributed by atoms with Crippen LogP contribution in [0.5, 0.6) is 0 Å². The number of hydrogen-bond acceptors (Lipinski definition) is 5. The Hall–Kier alpha value is -2.92. The van der Waals surface area contributed by atoms with Crippen molar-refractivity contribution in [2.24, 2.45) is 0 Å². The molecule has 0 heterocycles. The number of ether oxygens (including phenoxy) is 2. The summed E-state index contributed by atoms with van der Waals surface area (Å²) in [7, 11) is 0. The molecule has 1 N–H and O–H groups in total. The van der Waals surface area contributed by atoms with Gasteiger partial charge in [0.1, 0.15) is 6.61 Å². The predicted molar refractivity (Wildman–Crippen MR) is 343 cm³/mol. The van der Waals surface area contributed by atoms with Gasteiger partial charge in [0, 0.05) is 12.8 Å². The van der Waals surface area contributed by atoms with Crippen molar-refractivity contribution >= 4 is 11.9 Å². The van der Waals surface area contributed by atoms with Crippen LogP contribution in [0.2, 0.25) is 0 Å². The van der Waals surface area contributed by atoms with Crippen LogP contribution < -0.4 is 0 Å². The number of rotatable bonds is 63. The lowest BCUT2D eigenvalue weighted by atomic mass is 10.0. The lowest BCUT2D eigenvalue weighted by Gasteiger charge is -2.15. The van der Waals surface area contributed by atoms with Gasteiger partial charge < -0.3 is 14.6 Å². The fourth-order valence-electron chi connectivity index (χ4n) is 10.1. The Morgan fingerprint density at radius 1 is 0.308 bits per heavy atom. The topological polar surface area (TPSA) is 72.8 Å². The fraction of sp³-hybridized carbons (Fsp3) is 0.781. The molecule has 0 aromatic rings. The molecule has 5 nitrogen and oxygen atoms in total. The molecule has 0 aliphatic rings. The summed E-state index contributed by atoms with van der Waals surface area (Å²) >= 11 is 0. The van der Waals surface area contributed by atoms with Crippen molar-refractivity contribution in [1.82, 2.24) is 0 Å². The predicted octanol–water partition coefficient (Wildman–Crippen LogP) is 23.7. The van der Waals surface area contributed by atoms with Crippen LogP contribution in [0.3, 0.4) is 0 Å². The Bertz CT molecular complexity index is 1420. The molecule has 0 spiro atoms. The normalized spacial score (nSPS) is 12.7. The highest BCUT2D eigenvalue weighted by Crippen LogP contribution is 2.18. The highest BCUT2D eigenvalue weighted by molar-refractivity contribution is 5.70. The molecule has 1 unspecified atom stereocenters. The largest absolute Gasteiger partial charge is 0.462 e. The summed E-state index contributed by atoms with van der Waals surface area (Å²) < 4.78 is 10.8. The number of unbranched alkanes of at least 4 members (excludes halogenated alkanes) is 41. The van der Waals surface area contributed by atoms with E-state index in [1.807, 2.05) is 0 Å². The third-order valence-electron chi connectivity index (χ3n) is 15.2. The minimum atomic E-state index is -0.776. The van der Waals surface area contributed by atoms with Gasteiger partial charge in [-0.3, -0.25) is 9.59 Å². The molecule has 452 valence electrons. The monoisotopic (exact) mass is 1090 g/mol. The van der Waals surface area contributed by atoms with E-state index in [9.17, 15) is 14.7 Å². The van der Waals surface area contributed by atoms with Crippen molar-refractivity contribution in [3.8, 4) is 0 Å². The van der Waals surface area contributed by atoms with E-state index in [0.29, 0.717) is 12.8 Å². The van der Waals surface area contributed by atoms with Gasteiger partial charge in [-0.15, -0.1) is 0 Å². The van der Waals surface area contributed by atoms with Crippen LogP contribution in [-0.2, 0) is 19.1 Å². The Labute approximate surface area is 486 Å². The van der Waals surface area contributed by atoms with Gasteiger partial charge in [-0.2, -0.15) is 0 Å². The summed E-state index contributed by atoms with van der Waals surface area (Å²) in [5.41, 5.74) is 0. The summed E-state index contributed by atoms with van der Waals surface area (Å²) in [4.78, 5) is 24.6. The summed E-state index contributed by atoms with van der Waals surface area (Å²) in [6, 6.07) is 0. The van der Waals surface area contributed by atoms with E-state index in [0.717, 1.165) is 77.0 Å². The molecule has 0 aromatic carbocycles. The molecule has 0 rings (SSSR count). The zero-order valence-corrected chi connectivity index (χ0v) is 51.9. The third kappa shape index (κ3) is 65.6. The third-order valence-corrected chi connectivity index (χ3v) is 15.2. The van der Waals surface area contributed by atoms with Crippen molar-refractivity contribution in [1.29, 1.82) is 0 Å². The first-order chi connectivity index (χ1) is 38.6. The summed E-state index contributed by atoms with van der Waals surface area (Å²) in [6.07, 6.45) is 96.1. The first kappa shape index (κ1) is 75.1. The van der Waals surface area contributed by atoms with E-state index in [4.69, 9.17) is 9.47 Å². The van der Waals surface area contributed by atoms with E-state index in [1.165, 1.54) is 244 Å². The maximum Gasteiger partial charge on any atom is 0.306 e. The van der Waals surface area contributed by atoms with E-state index >= 15 is 0 Å². The first-order valence-corrected chi connectivity index (χ1v) is 34.1. The second kappa shape index (κ2) is 68.4. The molecule has 0 amide bonds. The molecule has 0 saturated heterocycles. The van der Waals surface area contributed by atoms with Crippen molar-refractivity contribution in [3.63, 3.8) is 0 Å². The molecule has 1 atom stereocenters. The molecule has 0 radical (unpaired) electrons. The lowest BCUT2D eigenvalue weighted by Crippen LogP contribution is -2.28. The van der Waals surface area contributed by atoms with Gasteiger partial charge >= 0.3 is 11.9 Å². The zero-order valence-electron chi connectivity index (χ0n) is 51.9. The molecule has 0 aromatic heterocycles. The van der Waals surface area contributed by atoms with E-state index in [2.05, 4.69) is 98.9 Å². The van der Waals surface area contributed by atoms with Crippen LogP contribution in [0, 0.1) is 0 Å². The van der Waals surface area contributed by atoms with Crippen LogP contribution >= 0.6 is 0 Å². The van der Waals surface area contributed by atoms with Crippen molar-refractivity contribution in [2.45, 2.75) is 354 Å². The zero-order chi connectivity index (χ0) is 56.2. The number of carbonyl (C=O) groups is 2. The summed E-state index contributed by atoms with van der Waals surface area (Å²) in [5.74, 6) is -0.577. The number of carbonyl (C=O) groups excluding carboxylic acids is 2. The van der Waals surface area contributed by atoms with Gasteiger partial charge in [0.2, 0.25) is 0 Å². The highest BCUT2D eigenvalue weighted by Gasteiger charge is 2.16. The van der Waals surface area contributed by atoms with Gasteiger partial charge in [-0.25, -0.2) is 0 Å². The van der Waals surface area contributed by atoms with Gasteiger partial charge in [0.25, 0.3) is 0 Å². The standard InChI is InChI=1S/C73H130O5/c1-3-5-7-9-11-13-15-17-19-21-23-25-27-29-31-33-35-36-38-40-42-44-46-48-50-52-54-56-58-60-62-64-66-68-73(76)78-71(69-74)70-77-72(75)67-65-63-61-59-57-55-53-51-49-47-45-43-41-39-37-34-32-30-28-26-24-22-20-18-16-14-12-10-8-6-4-2/h5,7,11,13,17,19,22-25,29,31,35-36,71,74H,3-4,6,8-10,12,14-16,18,20-21,26-28,30,32-34,37-70H2,1-2H3/b7-5-,13-11-,19-17-,24-22-,25-23-,31-29-,36-35-. The number of hydrogen-bond donors (Lipinski definition) is 1. The van der Waals surface area contributed by atoms with Crippen molar-refractivity contribution in [3.05, 3.63) is 85.1 Å². The van der Waals surface area contributed by atoms with Crippen molar-refractivity contribution < 1.29 is 24.2 Å². The Morgan fingerprint density at radius 3 is 0.846 bits per heavy atom. The van der Waals surface area contributed by atoms with E-state index in [1.54, 1.807) is 0 Å². The Morgan fingerprint density at radius 2 is 0.551 bits per heavy atom. The molecule has 0 fully saturated rings. The minimum Gasteiger partial charge on any atom is -0.462 e. The van der Waals surface area contributed by atoms with Crippen LogP contribution in [-0.4, -0.2) is 36.4 Å². The van der Waals surface area contributed by atoms with E-state index in [-0.39, 0.29) is 25.2 Å². The van der Waals surface area contributed by atoms with Crippen LogP contribution in [0.4, 0.5) is 0 Å². The Kier molecular flexibility index (Phi) is 65.8. The molecule has 78 heavy (non-hydrogen) atoms. The smallest absolute Gasteiger partial charge is 0.306 e. The number of allylic oxidation sites excluding steroid dienone is 14. The van der Waals surface area contributed by atoms with Gasteiger partial charge in [-0.1, -0.05) is 330 Å². The number of aliphatic hydroxyl groups excluding tert-OH is 1. The van der Waals surface area contributed by atoms with Gasteiger partial charge in [0.15, 0.2) is 6.10 Å². The minimum absolute atomic E-state index is 0.0646. The average molecular weight is 1090 g/mol. The number of esters is 2. The number of aliphatic hydroxyl groups is 1. The highest BCUT2D eigenvalue weighted by atomic mass is 16.6. The average Bonchev–Trinajstić information content (AvgIpc) is 3.44. The summed E-state index contributed by atoms with van der Waals surface area (Å²) in [5, 5.41) is 9.70. The Balaban J connectivity index is 3.44. The van der Waals surface area contributed by atoms with E-state index < -0.39 is 6.10 Å². The van der Waals surface area contributed by atoms with Crippen molar-refractivity contribution in [2.75, 3.05) is 13.2 Å². The maximum absolute atomic E-state index is 12.4. The van der Waals surface area contributed by atoms with Gasteiger partial charge in [0.05, 0.1) is 6.61 Å². The van der Waals surface area contributed by atoms with Gasteiger partial charge in [-0.05, 0) is 89.9 Å². The maximum atomic E-state index is 12.4. The SMILES string of the molecule is CC/C=C\C/C=C\C/C=C\C/C=C\C/C=C\C/C=C\CCCCCCCCCCCCCCCCC(=O)OC(CO)COC(=O)CCCCCCCCCCCCCCCCCCCCC/C=C\CCCCCCCCCC. The quantitative estimate of drug-likeness (QED) is 0.0373. The fourth-order valence-corrected chi connectivity index (χ4v) is 10.1. The van der Waals surface area contributed by atoms with Crippen LogP contribution in [0.1, 0.15) is 348 Å². The second-order valence-electron chi connectivity index (χ2n) is 22.9.